The van der Waals surface area contributed by atoms with Crippen LogP contribution in [-0.4, -0.2) is 18.1 Å². The van der Waals surface area contributed by atoms with E-state index in [9.17, 15) is 0 Å². The van der Waals surface area contributed by atoms with Gasteiger partial charge in [-0.1, -0.05) is 33.8 Å². The average Bonchev–Trinajstić information content (AvgIpc) is 2.67. The Bertz CT molecular complexity index is 398. The number of rotatable bonds is 4. The molecule has 0 unspecified atom stereocenters. The normalized spacial score (nSPS) is 21.2. The van der Waals surface area contributed by atoms with Crippen molar-refractivity contribution in [2.24, 2.45) is 10.8 Å². The maximum atomic E-state index is 5.25. The van der Waals surface area contributed by atoms with E-state index >= 15 is 0 Å². The van der Waals surface area contributed by atoms with Crippen LogP contribution in [0.2, 0.25) is 0 Å². The predicted octanol–water partition coefficient (Wildman–Crippen LogP) is 2.61. The molecule has 0 atom stereocenters. The number of ether oxygens (including phenoxy) is 1. The highest BCUT2D eigenvalue weighted by Crippen LogP contribution is 2.62. The summed E-state index contributed by atoms with van der Waals surface area (Å²) in [5, 5.41) is 3.61. The second-order valence-electron chi connectivity index (χ2n) is 5.93. The number of methoxy groups -OCH3 is 1. The molecule has 0 aliphatic heterocycles. The van der Waals surface area contributed by atoms with E-state index in [4.69, 9.17) is 4.74 Å². The van der Waals surface area contributed by atoms with E-state index in [-0.39, 0.29) is 0 Å². The van der Waals surface area contributed by atoms with Crippen LogP contribution < -0.4 is 10.1 Å². The van der Waals surface area contributed by atoms with E-state index in [2.05, 4.69) is 44.1 Å². The van der Waals surface area contributed by atoms with E-state index in [1.165, 1.54) is 0 Å². The monoisotopic (exact) mass is 234 g/mol. The summed E-state index contributed by atoms with van der Waals surface area (Å²) in [6, 6.07) is 4.56. The van der Waals surface area contributed by atoms with E-state index in [1.807, 2.05) is 6.07 Å². The minimum absolute atomic E-state index is 0.364. The fourth-order valence-corrected chi connectivity index (χ4v) is 2.66. The van der Waals surface area contributed by atoms with Gasteiger partial charge in [0.15, 0.2) is 0 Å². The predicted molar refractivity (Wildman–Crippen MR) is 69.0 cm³/mol. The fraction of sp³-hybridized carbons (Fsp3) is 0.643. The number of aromatic nitrogens is 1. The Labute approximate surface area is 104 Å². The van der Waals surface area contributed by atoms with Crippen LogP contribution in [0.15, 0.2) is 18.3 Å². The lowest BCUT2D eigenvalue weighted by Gasteiger charge is -2.09. The molecule has 0 aromatic carbocycles. The Kier molecular flexibility index (Phi) is 2.90. The van der Waals surface area contributed by atoms with Crippen molar-refractivity contribution in [2.45, 2.75) is 40.3 Å². The molecule has 1 N–H and O–H groups in total. The van der Waals surface area contributed by atoms with Gasteiger partial charge in [0.25, 0.3) is 0 Å². The van der Waals surface area contributed by atoms with E-state index < -0.39 is 0 Å². The van der Waals surface area contributed by atoms with Gasteiger partial charge in [0.05, 0.1) is 7.11 Å². The Morgan fingerprint density at radius 3 is 2.47 bits per heavy atom. The Morgan fingerprint density at radius 1 is 1.29 bits per heavy atom. The molecule has 17 heavy (non-hydrogen) atoms. The van der Waals surface area contributed by atoms with Crippen LogP contribution >= 0.6 is 0 Å². The van der Waals surface area contributed by atoms with Crippen molar-refractivity contribution in [1.82, 2.24) is 10.3 Å². The zero-order valence-corrected chi connectivity index (χ0v) is 11.4. The van der Waals surface area contributed by atoms with Gasteiger partial charge in [-0.3, -0.25) is 0 Å². The SMILES string of the molecule is COc1ncccc1CNC1C(C)(C)C1(C)C. The molecule has 1 fully saturated rings. The molecule has 2 rings (SSSR count). The van der Waals surface area contributed by atoms with Gasteiger partial charge in [-0.25, -0.2) is 4.98 Å². The van der Waals surface area contributed by atoms with Crippen LogP contribution in [0.5, 0.6) is 5.88 Å². The number of nitrogens with zero attached hydrogens (tertiary/aromatic N) is 1. The molecule has 0 saturated heterocycles. The molecule has 0 amide bonds. The van der Waals surface area contributed by atoms with Crippen molar-refractivity contribution >= 4 is 0 Å². The first kappa shape index (κ1) is 12.4. The molecular formula is C14H22N2O. The standard InChI is InChI=1S/C14H22N2O/c1-13(2)12(14(13,3)4)16-9-10-7-6-8-15-11(10)17-5/h6-8,12,16H,9H2,1-5H3. The molecule has 0 radical (unpaired) electrons. The minimum Gasteiger partial charge on any atom is -0.481 e. The lowest BCUT2D eigenvalue weighted by atomic mass is 10.0. The molecular weight excluding hydrogens is 212 g/mol. The summed E-state index contributed by atoms with van der Waals surface area (Å²) in [7, 11) is 1.66. The summed E-state index contributed by atoms with van der Waals surface area (Å²) in [6.45, 7) is 10.1. The molecule has 3 heteroatoms. The maximum absolute atomic E-state index is 5.25. The number of pyridine rings is 1. The zero-order chi connectivity index (χ0) is 12.7. The van der Waals surface area contributed by atoms with Crippen LogP contribution in [0.4, 0.5) is 0 Å². The van der Waals surface area contributed by atoms with Gasteiger partial charge in [-0.15, -0.1) is 0 Å². The second-order valence-corrected chi connectivity index (χ2v) is 5.93. The van der Waals surface area contributed by atoms with Crippen molar-refractivity contribution in [3.8, 4) is 5.88 Å². The molecule has 1 saturated carbocycles. The second kappa shape index (κ2) is 3.98. The molecule has 0 spiro atoms. The third-order valence-corrected chi connectivity index (χ3v) is 4.56. The van der Waals surface area contributed by atoms with Crippen LogP contribution in [0.25, 0.3) is 0 Å². The number of nitrogens with one attached hydrogen (secondary N) is 1. The third kappa shape index (κ3) is 1.93. The van der Waals surface area contributed by atoms with E-state index in [0.717, 1.165) is 18.0 Å². The van der Waals surface area contributed by atoms with E-state index in [1.54, 1.807) is 13.3 Å². The maximum Gasteiger partial charge on any atom is 0.217 e. The molecule has 1 aliphatic carbocycles. The summed E-state index contributed by atoms with van der Waals surface area (Å²) < 4.78 is 5.25. The molecule has 3 nitrogen and oxygen atoms in total. The topological polar surface area (TPSA) is 34.1 Å². The van der Waals surface area contributed by atoms with Gasteiger partial charge < -0.3 is 10.1 Å². The highest BCUT2D eigenvalue weighted by molar-refractivity contribution is 5.26. The number of hydrogen-bond acceptors (Lipinski definition) is 3. The summed E-state index contributed by atoms with van der Waals surface area (Å²) >= 11 is 0. The molecule has 0 bridgehead atoms. The molecule has 1 aliphatic rings. The minimum atomic E-state index is 0.364. The lowest BCUT2D eigenvalue weighted by molar-refractivity contribution is 0.389. The number of hydrogen-bond donors (Lipinski definition) is 1. The molecule has 94 valence electrons. The van der Waals surface area contributed by atoms with Crippen LogP contribution in [-0.2, 0) is 6.54 Å². The Hall–Kier alpha value is -1.09. The lowest BCUT2D eigenvalue weighted by Crippen LogP contribution is -2.22. The van der Waals surface area contributed by atoms with Gasteiger partial charge in [-0.2, -0.15) is 0 Å². The Balaban J connectivity index is 2.00. The first-order valence-corrected chi connectivity index (χ1v) is 6.12. The van der Waals surface area contributed by atoms with E-state index in [0.29, 0.717) is 16.9 Å². The van der Waals surface area contributed by atoms with Gasteiger partial charge in [-0.05, 0) is 16.9 Å². The van der Waals surface area contributed by atoms with Crippen molar-refractivity contribution in [2.75, 3.05) is 7.11 Å². The highest BCUT2D eigenvalue weighted by atomic mass is 16.5. The first-order chi connectivity index (χ1) is 7.91. The van der Waals surface area contributed by atoms with Crippen LogP contribution in [0, 0.1) is 10.8 Å². The summed E-state index contributed by atoms with van der Waals surface area (Å²) in [6.07, 6.45) is 1.76. The molecule has 1 heterocycles. The summed E-state index contributed by atoms with van der Waals surface area (Å²) in [5.41, 5.74) is 1.85. The first-order valence-electron chi connectivity index (χ1n) is 6.12. The zero-order valence-electron chi connectivity index (χ0n) is 11.4. The smallest absolute Gasteiger partial charge is 0.217 e. The Morgan fingerprint density at radius 2 is 1.94 bits per heavy atom. The summed E-state index contributed by atoms with van der Waals surface area (Å²) in [4.78, 5) is 4.21. The molecule has 1 aromatic heterocycles. The molecule has 1 aromatic rings. The van der Waals surface area contributed by atoms with Crippen LogP contribution in [0.1, 0.15) is 33.3 Å². The largest absolute Gasteiger partial charge is 0.481 e. The highest BCUT2D eigenvalue weighted by Gasteiger charge is 2.64. The van der Waals surface area contributed by atoms with Crippen LogP contribution in [0.3, 0.4) is 0 Å². The quantitative estimate of drug-likeness (QED) is 0.869. The van der Waals surface area contributed by atoms with Crippen molar-refractivity contribution in [1.29, 1.82) is 0 Å². The fourth-order valence-electron chi connectivity index (χ4n) is 2.66. The van der Waals surface area contributed by atoms with Gasteiger partial charge in [0.2, 0.25) is 5.88 Å². The van der Waals surface area contributed by atoms with Crippen molar-refractivity contribution < 1.29 is 4.74 Å². The van der Waals surface area contributed by atoms with Crippen molar-refractivity contribution in [3.63, 3.8) is 0 Å². The summed E-state index contributed by atoms with van der Waals surface area (Å²) in [5.74, 6) is 0.719. The van der Waals surface area contributed by atoms with Gasteiger partial charge in [0.1, 0.15) is 0 Å². The van der Waals surface area contributed by atoms with Gasteiger partial charge >= 0.3 is 0 Å². The third-order valence-electron chi connectivity index (χ3n) is 4.56. The van der Waals surface area contributed by atoms with Gasteiger partial charge in [0, 0.05) is 24.3 Å². The van der Waals surface area contributed by atoms with Crippen molar-refractivity contribution in [3.05, 3.63) is 23.9 Å². The average molecular weight is 234 g/mol.